The number of aromatic nitrogens is 2. The number of hydrogen-bond donors (Lipinski definition) is 3. The molecule has 1 aliphatic heterocycles. The van der Waals surface area contributed by atoms with E-state index in [1.165, 1.54) is 17.7 Å². The minimum Gasteiger partial charge on any atom is -0.366 e. The van der Waals surface area contributed by atoms with Gasteiger partial charge in [0.05, 0.1) is 10.6 Å². The molecule has 90 valence electrons. The number of hydrogen-bond acceptors (Lipinski definition) is 4. The number of nitrogens with one attached hydrogen (secondary N) is 3. The first-order valence-electron chi connectivity index (χ1n) is 5.98. The molecule has 1 aliphatic rings. The van der Waals surface area contributed by atoms with Crippen molar-refractivity contribution in [1.82, 2.24) is 15.5 Å². The van der Waals surface area contributed by atoms with Gasteiger partial charge in [-0.3, -0.25) is 5.10 Å². The fraction of sp³-hybridized carbons (Fsp3) is 0.417. The second-order valence-electron chi connectivity index (χ2n) is 4.31. The molecule has 1 saturated heterocycles. The van der Waals surface area contributed by atoms with Gasteiger partial charge in [0, 0.05) is 12.1 Å². The molecule has 3 rings (SSSR count). The van der Waals surface area contributed by atoms with Crippen LogP contribution in [0.2, 0.25) is 0 Å². The van der Waals surface area contributed by atoms with E-state index in [0.717, 1.165) is 24.6 Å². The normalized spacial score (nSPS) is 17.2. The molecule has 0 bridgehead atoms. The Kier molecular flexibility index (Phi) is 3.11. The van der Waals surface area contributed by atoms with Crippen LogP contribution in [0.3, 0.4) is 0 Å². The van der Waals surface area contributed by atoms with Crippen molar-refractivity contribution in [2.24, 2.45) is 0 Å². The zero-order chi connectivity index (χ0) is 11.5. The van der Waals surface area contributed by atoms with E-state index in [1.807, 2.05) is 0 Å². The Hall–Kier alpha value is -1.33. The Balaban J connectivity index is 1.68. The summed E-state index contributed by atoms with van der Waals surface area (Å²) in [6, 6.07) is 6.80. The third-order valence-electron chi connectivity index (χ3n) is 3.06. The minimum atomic E-state index is 0.552. The van der Waals surface area contributed by atoms with Crippen molar-refractivity contribution < 1.29 is 0 Å². The Bertz CT molecular complexity index is 457. The number of thiophene rings is 1. The fourth-order valence-corrected chi connectivity index (χ4v) is 2.82. The van der Waals surface area contributed by atoms with Crippen LogP contribution in [0.4, 0.5) is 5.82 Å². The molecule has 17 heavy (non-hydrogen) atoms. The second-order valence-corrected chi connectivity index (χ2v) is 5.26. The maximum Gasteiger partial charge on any atom is 0.148 e. The summed E-state index contributed by atoms with van der Waals surface area (Å²) in [5, 5.41) is 16.3. The quantitative estimate of drug-likeness (QED) is 0.781. The lowest BCUT2D eigenvalue weighted by molar-refractivity contribution is 0.478. The molecular formula is C12H16N4S. The number of anilines is 1. The van der Waals surface area contributed by atoms with Crippen LogP contribution in [0.1, 0.15) is 12.8 Å². The summed E-state index contributed by atoms with van der Waals surface area (Å²) in [5.74, 6) is 0.959. The van der Waals surface area contributed by atoms with Crippen LogP contribution < -0.4 is 10.6 Å². The molecular weight excluding hydrogens is 232 g/mol. The largest absolute Gasteiger partial charge is 0.366 e. The highest BCUT2D eigenvalue weighted by Gasteiger charge is 2.14. The third-order valence-corrected chi connectivity index (χ3v) is 3.96. The SMILES string of the molecule is c1csc(-c2cc(NC3CCNCC3)n[nH]2)c1. The van der Waals surface area contributed by atoms with Crippen molar-refractivity contribution in [3.05, 3.63) is 23.6 Å². The Labute approximate surface area is 104 Å². The monoisotopic (exact) mass is 248 g/mol. The number of H-pyrrole nitrogens is 1. The molecule has 0 aliphatic carbocycles. The van der Waals surface area contributed by atoms with Gasteiger partial charge in [0.15, 0.2) is 0 Å². The molecule has 1 fully saturated rings. The first kappa shape index (κ1) is 10.8. The summed E-state index contributed by atoms with van der Waals surface area (Å²) >= 11 is 1.73. The Morgan fingerprint density at radius 3 is 3.00 bits per heavy atom. The van der Waals surface area contributed by atoms with Gasteiger partial charge in [-0.25, -0.2) is 0 Å². The van der Waals surface area contributed by atoms with E-state index in [0.29, 0.717) is 6.04 Å². The number of rotatable bonds is 3. The van der Waals surface area contributed by atoms with E-state index in [1.54, 1.807) is 11.3 Å². The molecule has 0 atom stereocenters. The standard InChI is InChI=1S/C12H16N4S/c1-2-11(17-7-1)10-8-12(16-15-10)14-9-3-5-13-6-4-9/h1-2,7-9,13H,3-6H2,(H2,14,15,16). The van der Waals surface area contributed by atoms with E-state index >= 15 is 0 Å². The average molecular weight is 248 g/mol. The highest BCUT2D eigenvalue weighted by molar-refractivity contribution is 7.13. The molecule has 3 heterocycles. The second kappa shape index (κ2) is 4.89. The van der Waals surface area contributed by atoms with Crippen LogP contribution in [0.15, 0.2) is 23.6 Å². The molecule has 0 aromatic carbocycles. The number of piperidine rings is 1. The first-order chi connectivity index (χ1) is 8.42. The van der Waals surface area contributed by atoms with Gasteiger partial charge in [0.25, 0.3) is 0 Å². The average Bonchev–Trinajstić information content (AvgIpc) is 3.00. The van der Waals surface area contributed by atoms with Crippen LogP contribution in [0, 0.1) is 0 Å². The van der Waals surface area contributed by atoms with Gasteiger partial charge in [0.1, 0.15) is 5.82 Å². The van der Waals surface area contributed by atoms with E-state index in [4.69, 9.17) is 0 Å². The lowest BCUT2D eigenvalue weighted by Gasteiger charge is -2.23. The van der Waals surface area contributed by atoms with Crippen LogP contribution >= 0.6 is 11.3 Å². The third kappa shape index (κ3) is 2.50. The lowest BCUT2D eigenvalue weighted by atomic mass is 10.1. The topological polar surface area (TPSA) is 52.7 Å². The Morgan fingerprint density at radius 1 is 1.35 bits per heavy atom. The van der Waals surface area contributed by atoms with Crippen LogP contribution in [-0.2, 0) is 0 Å². The van der Waals surface area contributed by atoms with E-state index in [2.05, 4.69) is 44.4 Å². The molecule has 0 spiro atoms. The molecule has 5 heteroatoms. The first-order valence-corrected chi connectivity index (χ1v) is 6.86. The number of nitrogens with zero attached hydrogens (tertiary/aromatic N) is 1. The summed E-state index contributed by atoms with van der Waals surface area (Å²) in [4.78, 5) is 1.23. The summed E-state index contributed by atoms with van der Waals surface area (Å²) < 4.78 is 0. The van der Waals surface area contributed by atoms with Gasteiger partial charge < -0.3 is 10.6 Å². The van der Waals surface area contributed by atoms with Gasteiger partial charge in [-0.1, -0.05) is 6.07 Å². The molecule has 0 radical (unpaired) electrons. The van der Waals surface area contributed by atoms with Crippen molar-refractivity contribution in [1.29, 1.82) is 0 Å². The lowest BCUT2D eigenvalue weighted by Crippen LogP contribution is -2.35. The van der Waals surface area contributed by atoms with Gasteiger partial charge in [-0.15, -0.1) is 11.3 Å². The van der Waals surface area contributed by atoms with Crippen LogP contribution in [0.25, 0.3) is 10.6 Å². The van der Waals surface area contributed by atoms with E-state index in [-0.39, 0.29) is 0 Å². The molecule has 4 nitrogen and oxygen atoms in total. The molecule has 0 amide bonds. The van der Waals surface area contributed by atoms with Crippen molar-refractivity contribution in [3.8, 4) is 10.6 Å². The van der Waals surface area contributed by atoms with Crippen LogP contribution in [-0.4, -0.2) is 29.3 Å². The van der Waals surface area contributed by atoms with Gasteiger partial charge >= 0.3 is 0 Å². The van der Waals surface area contributed by atoms with Gasteiger partial charge in [0.2, 0.25) is 0 Å². The Morgan fingerprint density at radius 2 is 2.24 bits per heavy atom. The number of aromatic amines is 1. The maximum absolute atomic E-state index is 4.32. The minimum absolute atomic E-state index is 0.552. The molecule has 2 aromatic heterocycles. The van der Waals surface area contributed by atoms with Gasteiger partial charge in [-0.2, -0.15) is 5.10 Å². The van der Waals surface area contributed by atoms with E-state index in [9.17, 15) is 0 Å². The van der Waals surface area contributed by atoms with Crippen molar-refractivity contribution in [2.45, 2.75) is 18.9 Å². The summed E-state index contributed by atoms with van der Waals surface area (Å²) in [5.41, 5.74) is 1.09. The van der Waals surface area contributed by atoms with Crippen molar-refractivity contribution in [2.75, 3.05) is 18.4 Å². The van der Waals surface area contributed by atoms with Crippen molar-refractivity contribution in [3.63, 3.8) is 0 Å². The molecule has 0 saturated carbocycles. The predicted octanol–water partition coefficient (Wildman–Crippen LogP) is 2.30. The molecule has 2 aromatic rings. The van der Waals surface area contributed by atoms with Crippen molar-refractivity contribution >= 4 is 17.2 Å². The highest BCUT2D eigenvalue weighted by Crippen LogP contribution is 2.24. The summed E-state index contributed by atoms with van der Waals surface area (Å²) in [6.07, 6.45) is 2.34. The summed E-state index contributed by atoms with van der Waals surface area (Å²) in [6.45, 7) is 2.19. The highest BCUT2D eigenvalue weighted by atomic mass is 32.1. The van der Waals surface area contributed by atoms with Crippen LogP contribution in [0.5, 0.6) is 0 Å². The zero-order valence-corrected chi connectivity index (χ0v) is 10.4. The smallest absolute Gasteiger partial charge is 0.148 e. The fourth-order valence-electron chi connectivity index (χ4n) is 2.13. The summed E-state index contributed by atoms with van der Waals surface area (Å²) in [7, 11) is 0. The van der Waals surface area contributed by atoms with Gasteiger partial charge in [-0.05, 0) is 37.4 Å². The molecule has 0 unspecified atom stereocenters. The van der Waals surface area contributed by atoms with E-state index < -0.39 is 0 Å². The maximum atomic E-state index is 4.32. The molecule has 3 N–H and O–H groups in total. The predicted molar refractivity (Wildman–Crippen MR) is 71.4 cm³/mol. The zero-order valence-electron chi connectivity index (χ0n) is 9.57.